The molecule has 1 aliphatic rings. The van der Waals surface area contributed by atoms with Gasteiger partial charge in [-0.1, -0.05) is 12.1 Å². The van der Waals surface area contributed by atoms with Crippen molar-refractivity contribution in [3.63, 3.8) is 0 Å². The van der Waals surface area contributed by atoms with Gasteiger partial charge < -0.3 is 4.57 Å². The highest BCUT2D eigenvalue weighted by atomic mass is 32.1. The number of hydrogen-bond donors (Lipinski definition) is 1. The average Bonchev–Trinajstić information content (AvgIpc) is 3.10. The van der Waals surface area contributed by atoms with Crippen molar-refractivity contribution < 1.29 is 14.5 Å². The molecule has 27 heavy (non-hydrogen) atoms. The molecule has 1 aromatic carbocycles. The van der Waals surface area contributed by atoms with E-state index in [1.807, 2.05) is 0 Å². The minimum absolute atomic E-state index is 0.0242. The van der Waals surface area contributed by atoms with Crippen LogP contribution in [0.4, 0.5) is 5.69 Å². The Morgan fingerprint density at radius 1 is 1.26 bits per heavy atom. The lowest BCUT2D eigenvalue weighted by Gasteiger charge is -2.27. The van der Waals surface area contributed by atoms with Gasteiger partial charge in [-0.05, 0) is 36.5 Å². The first-order chi connectivity index (χ1) is 12.9. The van der Waals surface area contributed by atoms with Gasteiger partial charge in [-0.3, -0.25) is 29.9 Å². The van der Waals surface area contributed by atoms with Crippen molar-refractivity contribution in [2.75, 3.05) is 6.54 Å². The van der Waals surface area contributed by atoms with Crippen LogP contribution in [-0.4, -0.2) is 37.9 Å². The second-order valence-electron chi connectivity index (χ2n) is 5.60. The minimum atomic E-state index is -0.600. The quantitative estimate of drug-likeness (QED) is 0.214. The molecule has 0 radical (unpaired) electrons. The maximum atomic E-state index is 12.6. The van der Waals surface area contributed by atoms with Gasteiger partial charge in [-0.2, -0.15) is 0 Å². The molecule has 2 heterocycles. The van der Waals surface area contributed by atoms with Gasteiger partial charge in [0.2, 0.25) is 0 Å². The molecule has 0 atom stereocenters. The molecule has 2 amide bonds. The number of non-ortho nitro benzene ring substituents is 1. The maximum absolute atomic E-state index is 12.6. The van der Waals surface area contributed by atoms with Crippen LogP contribution in [-0.2, 0) is 9.59 Å². The minimum Gasteiger partial charge on any atom is -0.317 e. The Labute approximate surface area is 159 Å². The highest BCUT2D eigenvalue weighted by Gasteiger charge is 2.32. The third-order valence-electron chi connectivity index (χ3n) is 3.89. The standard InChI is InChI=1S/C18H14N4O4S/c1-2-8-21-17(24)15(16(23)19-18(21)27)11-13-7-4-9-20(13)12-5-3-6-14(10-12)22(25)26/h2-7,9-11H,1,8H2,(H,19,23,27)/b15-11-. The number of carbonyl (C=O) groups is 2. The van der Waals surface area contributed by atoms with Gasteiger partial charge in [0.15, 0.2) is 5.11 Å². The van der Waals surface area contributed by atoms with E-state index in [-0.39, 0.29) is 22.9 Å². The fourth-order valence-electron chi connectivity index (χ4n) is 2.64. The number of hydrogen-bond acceptors (Lipinski definition) is 5. The van der Waals surface area contributed by atoms with E-state index in [4.69, 9.17) is 12.2 Å². The number of nitrogens with one attached hydrogen (secondary N) is 1. The lowest BCUT2D eigenvalue weighted by molar-refractivity contribution is -0.384. The van der Waals surface area contributed by atoms with E-state index in [0.29, 0.717) is 11.4 Å². The second-order valence-corrected chi connectivity index (χ2v) is 5.99. The summed E-state index contributed by atoms with van der Waals surface area (Å²) in [6, 6.07) is 9.45. The summed E-state index contributed by atoms with van der Waals surface area (Å²) in [6.07, 6.45) is 4.61. The van der Waals surface area contributed by atoms with Crippen molar-refractivity contribution in [3.8, 4) is 5.69 Å². The molecule has 0 bridgehead atoms. The van der Waals surface area contributed by atoms with Gasteiger partial charge >= 0.3 is 0 Å². The lowest BCUT2D eigenvalue weighted by atomic mass is 10.1. The third-order valence-corrected chi connectivity index (χ3v) is 4.21. The fourth-order valence-corrected chi connectivity index (χ4v) is 2.89. The van der Waals surface area contributed by atoms with E-state index in [9.17, 15) is 19.7 Å². The van der Waals surface area contributed by atoms with Crippen molar-refractivity contribution in [3.05, 3.63) is 76.6 Å². The number of thiocarbonyl (C=S) groups is 1. The van der Waals surface area contributed by atoms with Gasteiger partial charge in [0.05, 0.1) is 10.6 Å². The second kappa shape index (κ2) is 7.34. The Hall–Kier alpha value is -3.59. The molecule has 1 N–H and O–H groups in total. The molecule has 1 fully saturated rings. The van der Waals surface area contributed by atoms with E-state index < -0.39 is 16.7 Å². The van der Waals surface area contributed by atoms with Crippen LogP contribution >= 0.6 is 12.2 Å². The van der Waals surface area contributed by atoms with Crippen LogP contribution in [0, 0.1) is 10.1 Å². The van der Waals surface area contributed by atoms with Crippen molar-refractivity contribution in [2.24, 2.45) is 0 Å². The fraction of sp³-hybridized carbons (Fsp3) is 0.0556. The summed E-state index contributed by atoms with van der Waals surface area (Å²) in [5.41, 5.74) is 0.896. The molecule has 8 nitrogen and oxygen atoms in total. The van der Waals surface area contributed by atoms with Crippen LogP contribution < -0.4 is 5.32 Å². The molecule has 1 saturated heterocycles. The summed E-state index contributed by atoms with van der Waals surface area (Å²) in [5, 5.41) is 13.5. The van der Waals surface area contributed by atoms with Crippen LogP contribution in [0.15, 0.2) is 60.8 Å². The number of aromatic nitrogens is 1. The Bertz CT molecular complexity index is 1010. The summed E-state index contributed by atoms with van der Waals surface area (Å²) in [7, 11) is 0. The van der Waals surface area contributed by atoms with E-state index in [1.165, 1.54) is 29.2 Å². The van der Waals surface area contributed by atoms with E-state index in [0.717, 1.165) is 0 Å². The third kappa shape index (κ3) is 3.53. The zero-order chi connectivity index (χ0) is 19.6. The topological polar surface area (TPSA) is 97.5 Å². The summed E-state index contributed by atoms with van der Waals surface area (Å²) >= 11 is 5.02. The Morgan fingerprint density at radius 3 is 2.74 bits per heavy atom. The molecule has 3 rings (SSSR count). The molecule has 136 valence electrons. The van der Waals surface area contributed by atoms with E-state index in [2.05, 4.69) is 11.9 Å². The largest absolute Gasteiger partial charge is 0.317 e. The maximum Gasteiger partial charge on any atom is 0.271 e. The number of rotatable bonds is 5. The lowest BCUT2D eigenvalue weighted by Crippen LogP contribution is -2.53. The monoisotopic (exact) mass is 382 g/mol. The first-order valence-electron chi connectivity index (χ1n) is 7.84. The van der Waals surface area contributed by atoms with Gasteiger partial charge in [-0.15, -0.1) is 6.58 Å². The summed E-state index contributed by atoms with van der Waals surface area (Å²) < 4.78 is 1.64. The molecular formula is C18H14N4O4S. The zero-order valence-corrected chi connectivity index (χ0v) is 14.8. The van der Waals surface area contributed by atoms with Crippen LogP contribution in [0.3, 0.4) is 0 Å². The Morgan fingerprint density at radius 2 is 2.04 bits per heavy atom. The highest BCUT2D eigenvalue weighted by Crippen LogP contribution is 2.21. The van der Waals surface area contributed by atoms with Crippen molar-refractivity contribution in [1.29, 1.82) is 0 Å². The Balaban J connectivity index is 2.02. The summed E-state index contributed by atoms with van der Waals surface area (Å²) in [6.45, 7) is 3.74. The molecule has 0 spiro atoms. The van der Waals surface area contributed by atoms with Gasteiger partial charge in [-0.25, -0.2) is 0 Å². The first-order valence-corrected chi connectivity index (χ1v) is 8.25. The van der Waals surface area contributed by atoms with Gasteiger partial charge in [0, 0.05) is 30.6 Å². The zero-order valence-electron chi connectivity index (χ0n) is 14.0. The highest BCUT2D eigenvalue weighted by molar-refractivity contribution is 7.80. The van der Waals surface area contributed by atoms with Crippen LogP contribution in [0.5, 0.6) is 0 Å². The summed E-state index contributed by atoms with van der Waals surface area (Å²) in [4.78, 5) is 36.6. The molecule has 1 aromatic heterocycles. The molecule has 0 aliphatic carbocycles. The summed E-state index contributed by atoms with van der Waals surface area (Å²) in [5.74, 6) is -1.13. The normalized spacial score (nSPS) is 15.8. The van der Waals surface area contributed by atoms with E-state index in [1.54, 1.807) is 35.0 Å². The number of benzene rings is 1. The number of carbonyl (C=O) groups excluding carboxylic acids is 2. The van der Waals surface area contributed by atoms with Crippen molar-refractivity contribution in [1.82, 2.24) is 14.8 Å². The molecule has 0 saturated carbocycles. The van der Waals surface area contributed by atoms with Crippen LogP contribution in [0.1, 0.15) is 5.69 Å². The van der Waals surface area contributed by atoms with Crippen LogP contribution in [0.2, 0.25) is 0 Å². The number of nitrogens with zero attached hydrogens (tertiary/aromatic N) is 3. The number of nitro benzene ring substituents is 1. The average molecular weight is 382 g/mol. The predicted molar refractivity (Wildman–Crippen MR) is 103 cm³/mol. The molecule has 2 aromatic rings. The molecular weight excluding hydrogens is 368 g/mol. The van der Waals surface area contributed by atoms with E-state index >= 15 is 0 Å². The van der Waals surface area contributed by atoms with Gasteiger partial charge in [0.1, 0.15) is 5.57 Å². The van der Waals surface area contributed by atoms with Crippen molar-refractivity contribution in [2.45, 2.75) is 0 Å². The predicted octanol–water partition coefficient (Wildman–Crippen LogP) is 2.20. The van der Waals surface area contributed by atoms with Crippen LogP contribution in [0.25, 0.3) is 11.8 Å². The molecule has 0 unspecified atom stereocenters. The number of amides is 2. The van der Waals surface area contributed by atoms with Crippen molar-refractivity contribution >= 4 is 40.9 Å². The first kappa shape index (κ1) is 18.2. The smallest absolute Gasteiger partial charge is 0.271 e. The Kier molecular flexibility index (Phi) is 4.95. The SMILES string of the molecule is C=CCN1C(=O)/C(=C\c2cccn2-c2cccc([N+](=O)[O-])c2)C(=O)NC1=S. The molecule has 9 heteroatoms. The van der Waals surface area contributed by atoms with Gasteiger partial charge in [0.25, 0.3) is 17.5 Å². The number of nitro groups is 1. The molecule has 1 aliphatic heterocycles.